The van der Waals surface area contributed by atoms with Crippen molar-refractivity contribution < 1.29 is 12.8 Å². The average molecular weight is 372 g/mol. The molecule has 21 heavy (non-hydrogen) atoms. The monoisotopic (exact) mass is 371 g/mol. The van der Waals surface area contributed by atoms with Gasteiger partial charge >= 0.3 is 0 Å². The fourth-order valence-corrected chi connectivity index (χ4v) is 4.06. The number of aryl methyl sites for hydroxylation is 1. The van der Waals surface area contributed by atoms with Crippen LogP contribution >= 0.6 is 15.9 Å². The second-order valence-electron chi connectivity index (χ2n) is 4.65. The minimum atomic E-state index is -3.65. The molecule has 1 N–H and O–H groups in total. The Bertz CT molecular complexity index is 747. The van der Waals surface area contributed by atoms with Crippen LogP contribution < -0.4 is 4.72 Å². The van der Waals surface area contributed by atoms with Crippen molar-refractivity contribution in [3.8, 4) is 0 Å². The van der Waals surface area contributed by atoms with Crippen LogP contribution in [-0.4, -0.2) is 15.0 Å². The van der Waals surface area contributed by atoms with Crippen LogP contribution in [0.25, 0.3) is 0 Å². The zero-order valence-corrected chi connectivity index (χ0v) is 13.8. The van der Waals surface area contributed by atoms with E-state index in [1.54, 1.807) is 0 Å². The Hall–Kier alpha value is -1.24. The number of hydrogen-bond donors (Lipinski definition) is 1. The lowest BCUT2D eigenvalue weighted by atomic mass is 10.1. The molecular weight excluding hydrogens is 357 g/mol. The standard InChI is InChI=1S/C15H15BrFNO2S/c1-11-4-2-3-5-12(11)8-9-18-21(19,20)15-7-6-13(17)10-14(15)16/h2-7,10,18H,8-9H2,1H3. The molecule has 6 heteroatoms. The highest BCUT2D eigenvalue weighted by atomic mass is 79.9. The smallest absolute Gasteiger partial charge is 0.211 e. The summed E-state index contributed by atoms with van der Waals surface area (Å²) in [4.78, 5) is 0.0358. The first-order valence-corrected chi connectivity index (χ1v) is 8.67. The van der Waals surface area contributed by atoms with Gasteiger partial charge in [0.15, 0.2) is 0 Å². The summed E-state index contributed by atoms with van der Waals surface area (Å²) in [5, 5.41) is 0. The highest BCUT2D eigenvalue weighted by Gasteiger charge is 2.17. The first-order chi connectivity index (χ1) is 9.90. The Morgan fingerprint density at radius 2 is 1.90 bits per heavy atom. The molecule has 2 aromatic rings. The number of nitrogens with one attached hydrogen (secondary N) is 1. The predicted octanol–water partition coefficient (Wildman–Crippen LogP) is 3.42. The Kier molecular flexibility index (Phi) is 5.13. The van der Waals surface area contributed by atoms with Gasteiger partial charge in [-0.3, -0.25) is 0 Å². The number of hydrogen-bond acceptors (Lipinski definition) is 2. The van der Waals surface area contributed by atoms with E-state index in [-0.39, 0.29) is 15.9 Å². The van der Waals surface area contributed by atoms with Crippen molar-refractivity contribution in [1.29, 1.82) is 0 Å². The molecule has 3 nitrogen and oxygen atoms in total. The zero-order chi connectivity index (χ0) is 15.5. The third-order valence-electron chi connectivity index (χ3n) is 3.13. The van der Waals surface area contributed by atoms with Crippen LogP contribution in [0.15, 0.2) is 51.8 Å². The van der Waals surface area contributed by atoms with Crippen molar-refractivity contribution in [3.63, 3.8) is 0 Å². The Morgan fingerprint density at radius 3 is 2.57 bits per heavy atom. The summed E-state index contributed by atoms with van der Waals surface area (Å²) < 4.78 is 40.1. The van der Waals surface area contributed by atoms with Crippen LogP contribution in [0.1, 0.15) is 11.1 Å². The lowest BCUT2D eigenvalue weighted by Crippen LogP contribution is -2.26. The summed E-state index contributed by atoms with van der Waals surface area (Å²) in [5.41, 5.74) is 2.22. The maximum atomic E-state index is 13.0. The van der Waals surface area contributed by atoms with Crippen molar-refractivity contribution >= 4 is 26.0 Å². The van der Waals surface area contributed by atoms with Gasteiger partial charge in [-0.1, -0.05) is 24.3 Å². The SMILES string of the molecule is Cc1ccccc1CCNS(=O)(=O)c1ccc(F)cc1Br. The fraction of sp³-hybridized carbons (Fsp3) is 0.200. The van der Waals surface area contributed by atoms with Crippen molar-refractivity contribution in [2.75, 3.05) is 6.54 Å². The maximum Gasteiger partial charge on any atom is 0.241 e. The second-order valence-corrected chi connectivity index (χ2v) is 7.24. The third kappa shape index (κ3) is 4.12. The lowest BCUT2D eigenvalue weighted by Gasteiger charge is -2.09. The van der Waals surface area contributed by atoms with E-state index in [1.807, 2.05) is 31.2 Å². The molecule has 2 rings (SSSR count). The summed E-state index contributed by atoms with van der Waals surface area (Å²) in [7, 11) is -3.65. The summed E-state index contributed by atoms with van der Waals surface area (Å²) in [6, 6.07) is 11.3. The summed E-state index contributed by atoms with van der Waals surface area (Å²) in [5.74, 6) is -0.485. The highest BCUT2D eigenvalue weighted by molar-refractivity contribution is 9.10. The normalized spacial score (nSPS) is 11.6. The molecule has 112 valence electrons. The first kappa shape index (κ1) is 16.1. The fourth-order valence-electron chi connectivity index (χ4n) is 1.98. The number of sulfonamides is 1. The predicted molar refractivity (Wildman–Crippen MR) is 84.2 cm³/mol. The van der Waals surface area contributed by atoms with Crippen molar-refractivity contribution in [2.45, 2.75) is 18.2 Å². The largest absolute Gasteiger partial charge is 0.241 e. The van der Waals surface area contributed by atoms with Gasteiger partial charge in [0.05, 0.1) is 4.90 Å². The molecule has 0 atom stereocenters. The van der Waals surface area contributed by atoms with E-state index in [1.165, 1.54) is 6.07 Å². The average Bonchev–Trinajstić information content (AvgIpc) is 2.40. The zero-order valence-electron chi connectivity index (χ0n) is 11.4. The minimum absolute atomic E-state index is 0.0358. The van der Waals surface area contributed by atoms with E-state index in [2.05, 4.69) is 20.7 Å². The summed E-state index contributed by atoms with van der Waals surface area (Å²) >= 11 is 3.07. The van der Waals surface area contributed by atoms with Gasteiger partial charge in [0.25, 0.3) is 0 Å². The number of rotatable bonds is 5. The minimum Gasteiger partial charge on any atom is -0.211 e. The molecule has 2 aromatic carbocycles. The number of benzene rings is 2. The molecule has 0 spiro atoms. The van der Waals surface area contributed by atoms with Gasteiger partial charge in [-0.2, -0.15) is 0 Å². The van der Waals surface area contributed by atoms with E-state index in [9.17, 15) is 12.8 Å². The van der Waals surface area contributed by atoms with Gasteiger partial charge in [0.1, 0.15) is 5.82 Å². The molecule has 0 bridgehead atoms. The Balaban J connectivity index is 2.07. The molecule has 0 saturated carbocycles. The Morgan fingerprint density at radius 1 is 1.19 bits per heavy atom. The van der Waals surface area contributed by atoms with E-state index in [0.717, 1.165) is 23.3 Å². The molecule has 0 saturated heterocycles. The van der Waals surface area contributed by atoms with E-state index in [4.69, 9.17) is 0 Å². The second kappa shape index (κ2) is 6.68. The van der Waals surface area contributed by atoms with Gasteiger partial charge < -0.3 is 0 Å². The highest BCUT2D eigenvalue weighted by Crippen LogP contribution is 2.22. The van der Waals surface area contributed by atoms with Gasteiger partial charge in [-0.15, -0.1) is 0 Å². The molecule has 0 amide bonds. The van der Waals surface area contributed by atoms with E-state index in [0.29, 0.717) is 6.42 Å². The van der Waals surface area contributed by atoms with Gasteiger partial charge in [0.2, 0.25) is 10.0 Å². The molecule has 0 aliphatic rings. The third-order valence-corrected chi connectivity index (χ3v) is 5.57. The van der Waals surface area contributed by atoms with Crippen LogP contribution in [0, 0.1) is 12.7 Å². The molecule has 0 unspecified atom stereocenters. The van der Waals surface area contributed by atoms with Crippen molar-refractivity contribution in [1.82, 2.24) is 4.72 Å². The van der Waals surface area contributed by atoms with Gasteiger partial charge in [-0.25, -0.2) is 17.5 Å². The number of halogens is 2. The van der Waals surface area contributed by atoms with Crippen LogP contribution in [0.5, 0.6) is 0 Å². The van der Waals surface area contributed by atoms with Crippen LogP contribution in [0.2, 0.25) is 0 Å². The quantitative estimate of drug-likeness (QED) is 0.874. The van der Waals surface area contributed by atoms with Crippen molar-refractivity contribution in [2.24, 2.45) is 0 Å². The first-order valence-electron chi connectivity index (χ1n) is 6.39. The summed E-state index contributed by atoms with van der Waals surface area (Å²) in [6.45, 7) is 2.28. The van der Waals surface area contributed by atoms with Gasteiger partial charge in [0, 0.05) is 11.0 Å². The molecule has 0 radical (unpaired) electrons. The van der Waals surface area contributed by atoms with Crippen molar-refractivity contribution in [3.05, 3.63) is 63.9 Å². The molecule has 0 heterocycles. The lowest BCUT2D eigenvalue weighted by molar-refractivity contribution is 0.580. The molecule has 0 aliphatic carbocycles. The van der Waals surface area contributed by atoms with E-state index >= 15 is 0 Å². The van der Waals surface area contributed by atoms with Gasteiger partial charge in [-0.05, 0) is 58.6 Å². The van der Waals surface area contributed by atoms with Crippen LogP contribution in [0.3, 0.4) is 0 Å². The van der Waals surface area contributed by atoms with E-state index < -0.39 is 15.8 Å². The molecular formula is C15H15BrFNO2S. The summed E-state index contributed by atoms with van der Waals surface area (Å²) in [6.07, 6.45) is 0.602. The Labute approximate surface area is 132 Å². The molecule has 0 fully saturated rings. The molecule has 0 aromatic heterocycles. The maximum absolute atomic E-state index is 13.0. The van der Waals surface area contributed by atoms with Crippen LogP contribution in [-0.2, 0) is 16.4 Å². The molecule has 0 aliphatic heterocycles. The topological polar surface area (TPSA) is 46.2 Å². The van der Waals surface area contributed by atoms with Crippen LogP contribution in [0.4, 0.5) is 4.39 Å².